The maximum Gasteiger partial charge on any atom is 0.408 e. The number of carbonyl (C=O) groups is 3. The number of hydrogen-bond acceptors (Lipinski definition) is 6. The first kappa shape index (κ1) is 25.2. The van der Waals surface area contributed by atoms with E-state index in [9.17, 15) is 14.4 Å². The van der Waals surface area contributed by atoms with Crippen LogP contribution in [-0.4, -0.2) is 48.1 Å². The van der Waals surface area contributed by atoms with Crippen LogP contribution in [0.25, 0.3) is 0 Å². The van der Waals surface area contributed by atoms with Gasteiger partial charge in [-0.25, -0.2) is 4.79 Å². The second-order valence-electron chi connectivity index (χ2n) is 7.13. The highest BCUT2D eigenvalue weighted by atomic mass is 16.5. The number of aliphatic carboxylic acids is 1. The maximum atomic E-state index is 12.5. The summed E-state index contributed by atoms with van der Waals surface area (Å²) in [5.74, 6) is -1.09. The summed E-state index contributed by atoms with van der Waals surface area (Å²) in [6.07, 6.45) is -0.694. The summed E-state index contributed by atoms with van der Waals surface area (Å²) < 4.78 is 10.7. The Hall–Kier alpha value is -4.08. The lowest BCUT2D eigenvalue weighted by Crippen LogP contribution is -2.47. The lowest BCUT2D eigenvalue weighted by molar-refractivity contribution is -0.137. The van der Waals surface area contributed by atoms with Gasteiger partial charge in [-0.1, -0.05) is 42.5 Å². The number of hydrogen-bond donors (Lipinski definition) is 5. The number of carboxylic acids is 1. The Kier molecular flexibility index (Phi) is 10.2. The largest absolute Gasteiger partial charge is 0.494 e. The molecule has 0 aromatic heterocycles. The van der Waals surface area contributed by atoms with Crippen molar-refractivity contribution in [2.75, 3.05) is 13.2 Å². The van der Waals surface area contributed by atoms with Crippen LogP contribution in [0.4, 0.5) is 4.79 Å². The van der Waals surface area contributed by atoms with E-state index in [1.165, 1.54) is 0 Å². The molecule has 0 spiro atoms. The molecule has 2 aromatic rings. The number of carboxylic acid groups (broad SMARTS) is 1. The summed E-state index contributed by atoms with van der Waals surface area (Å²) >= 11 is 0. The molecule has 0 aliphatic rings. The molecule has 33 heavy (non-hydrogen) atoms. The number of amides is 2. The fourth-order valence-electron chi connectivity index (χ4n) is 2.79. The molecule has 10 nitrogen and oxygen atoms in total. The number of alkyl carbamates (subject to hydrolysis) is 1. The van der Waals surface area contributed by atoms with Gasteiger partial charge >= 0.3 is 12.1 Å². The summed E-state index contributed by atoms with van der Waals surface area (Å²) in [4.78, 5) is 35.5. The van der Waals surface area contributed by atoms with Crippen molar-refractivity contribution in [1.29, 1.82) is 5.41 Å². The topological polar surface area (TPSA) is 164 Å². The molecular weight excluding hydrogens is 428 g/mol. The van der Waals surface area contributed by atoms with Gasteiger partial charge in [-0.05, 0) is 30.5 Å². The fourth-order valence-corrected chi connectivity index (χ4v) is 2.79. The molecule has 10 heteroatoms. The normalized spacial score (nSPS) is 11.2. The van der Waals surface area contributed by atoms with Gasteiger partial charge in [-0.15, -0.1) is 0 Å². The number of benzene rings is 2. The summed E-state index contributed by atoms with van der Waals surface area (Å²) in [6, 6.07) is 14.8. The van der Waals surface area contributed by atoms with E-state index in [0.717, 1.165) is 5.56 Å². The van der Waals surface area contributed by atoms with Crippen LogP contribution >= 0.6 is 0 Å². The molecule has 2 amide bonds. The van der Waals surface area contributed by atoms with Crippen molar-refractivity contribution >= 4 is 23.8 Å². The Morgan fingerprint density at radius 2 is 1.85 bits per heavy atom. The van der Waals surface area contributed by atoms with Gasteiger partial charge in [0.15, 0.2) is 0 Å². The first-order valence-corrected chi connectivity index (χ1v) is 10.4. The lowest BCUT2D eigenvalue weighted by atomic mass is 10.1. The van der Waals surface area contributed by atoms with Gasteiger partial charge < -0.3 is 30.9 Å². The van der Waals surface area contributed by atoms with Crippen LogP contribution in [0.5, 0.6) is 5.75 Å². The molecule has 2 rings (SSSR count). The third kappa shape index (κ3) is 9.72. The molecule has 176 valence electrons. The molecule has 0 unspecified atom stereocenters. The predicted molar refractivity (Wildman–Crippen MR) is 121 cm³/mol. The summed E-state index contributed by atoms with van der Waals surface area (Å²) in [7, 11) is 0. The third-order valence-corrected chi connectivity index (χ3v) is 4.50. The van der Waals surface area contributed by atoms with Crippen LogP contribution < -0.4 is 21.1 Å². The number of ether oxygens (including phenoxy) is 2. The van der Waals surface area contributed by atoms with E-state index in [4.69, 9.17) is 25.7 Å². The number of carbonyl (C=O) groups excluding carboxylic acids is 2. The molecule has 0 saturated carbocycles. The molecule has 1 atom stereocenters. The van der Waals surface area contributed by atoms with Crippen molar-refractivity contribution in [1.82, 2.24) is 10.6 Å². The minimum absolute atomic E-state index is 0.0299. The van der Waals surface area contributed by atoms with Crippen LogP contribution in [0, 0.1) is 5.41 Å². The minimum Gasteiger partial charge on any atom is -0.494 e. The molecule has 0 saturated heterocycles. The standard InChI is InChI=1S/C23H28N4O6/c24-21(25)17-8-4-9-18(14-17)32-13-5-12-26-22(30)19(10-11-20(28)29)27-23(31)33-15-16-6-2-1-3-7-16/h1-4,6-9,14,19H,5,10-13,15H2,(H3,24,25)(H,26,30)(H,27,31)(H,28,29)/t19-/m0/s1. The quantitative estimate of drug-likeness (QED) is 0.175. The van der Waals surface area contributed by atoms with Gasteiger partial charge in [0.05, 0.1) is 6.61 Å². The molecule has 2 aromatic carbocycles. The second-order valence-corrected chi connectivity index (χ2v) is 7.13. The van der Waals surface area contributed by atoms with Gasteiger partial charge in [0.25, 0.3) is 0 Å². The third-order valence-electron chi connectivity index (χ3n) is 4.50. The number of nitrogens with two attached hydrogens (primary N) is 1. The van der Waals surface area contributed by atoms with Crippen LogP contribution in [-0.2, 0) is 20.9 Å². The zero-order valence-corrected chi connectivity index (χ0v) is 18.1. The molecule has 0 aliphatic carbocycles. The van der Waals surface area contributed by atoms with Crippen LogP contribution in [0.2, 0.25) is 0 Å². The Bertz CT molecular complexity index is 951. The molecule has 6 N–H and O–H groups in total. The molecule has 0 aliphatic heterocycles. The first-order valence-electron chi connectivity index (χ1n) is 10.4. The van der Waals surface area contributed by atoms with Crippen molar-refractivity contribution in [3.63, 3.8) is 0 Å². The summed E-state index contributed by atoms with van der Waals surface area (Å²) in [6.45, 7) is 0.589. The highest BCUT2D eigenvalue weighted by molar-refractivity contribution is 5.95. The first-order chi connectivity index (χ1) is 15.8. The number of rotatable bonds is 13. The fraction of sp³-hybridized carbons (Fsp3) is 0.304. The maximum absolute atomic E-state index is 12.5. The van der Waals surface area contributed by atoms with Crippen molar-refractivity contribution in [3.8, 4) is 5.75 Å². The molecule has 0 radical (unpaired) electrons. The SMILES string of the molecule is N=C(N)c1cccc(OCCCNC(=O)[C@H](CCC(=O)O)NC(=O)OCc2ccccc2)c1. The van der Waals surface area contributed by atoms with Crippen molar-refractivity contribution in [2.24, 2.45) is 5.73 Å². The molecule has 0 fully saturated rings. The monoisotopic (exact) mass is 456 g/mol. The van der Waals surface area contributed by atoms with E-state index in [2.05, 4.69) is 10.6 Å². The highest BCUT2D eigenvalue weighted by Gasteiger charge is 2.22. The Morgan fingerprint density at radius 1 is 1.09 bits per heavy atom. The Balaban J connectivity index is 1.77. The van der Waals surface area contributed by atoms with Crippen molar-refractivity contribution in [2.45, 2.75) is 31.9 Å². The predicted octanol–water partition coefficient (Wildman–Crippen LogP) is 2.02. The smallest absolute Gasteiger partial charge is 0.408 e. The van der Waals surface area contributed by atoms with Crippen molar-refractivity contribution < 1.29 is 29.0 Å². The number of nitrogens with one attached hydrogen (secondary N) is 3. The zero-order chi connectivity index (χ0) is 24.1. The lowest BCUT2D eigenvalue weighted by Gasteiger charge is -2.18. The summed E-state index contributed by atoms with van der Waals surface area (Å²) in [5, 5.41) is 21.5. The average molecular weight is 456 g/mol. The van der Waals surface area contributed by atoms with Gasteiger partial charge in [0.2, 0.25) is 5.91 Å². The number of amidine groups is 1. The second kappa shape index (κ2) is 13.4. The van der Waals surface area contributed by atoms with E-state index < -0.39 is 24.0 Å². The van der Waals surface area contributed by atoms with Crippen LogP contribution in [0.1, 0.15) is 30.4 Å². The Labute approximate surface area is 191 Å². The molecule has 0 bridgehead atoms. The van der Waals surface area contributed by atoms with E-state index in [1.54, 1.807) is 36.4 Å². The number of nitrogen functional groups attached to an aromatic ring is 1. The van der Waals surface area contributed by atoms with E-state index >= 15 is 0 Å². The summed E-state index contributed by atoms with van der Waals surface area (Å²) in [5.41, 5.74) is 6.79. The van der Waals surface area contributed by atoms with Gasteiger partial charge in [-0.3, -0.25) is 15.0 Å². The van der Waals surface area contributed by atoms with E-state index in [-0.39, 0.29) is 31.8 Å². The zero-order valence-electron chi connectivity index (χ0n) is 18.1. The van der Waals surface area contributed by atoms with Crippen molar-refractivity contribution in [3.05, 3.63) is 65.7 Å². The molecule has 0 heterocycles. The molecular formula is C23H28N4O6. The Morgan fingerprint density at radius 3 is 2.55 bits per heavy atom. The highest BCUT2D eigenvalue weighted by Crippen LogP contribution is 2.13. The average Bonchev–Trinajstić information content (AvgIpc) is 2.80. The van der Waals surface area contributed by atoms with E-state index in [0.29, 0.717) is 24.3 Å². The van der Waals surface area contributed by atoms with Crippen LogP contribution in [0.3, 0.4) is 0 Å². The minimum atomic E-state index is -1.08. The van der Waals surface area contributed by atoms with Crippen LogP contribution in [0.15, 0.2) is 54.6 Å². The van der Waals surface area contributed by atoms with Gasteiger partial charge in [0, 0.05) is 18.5 Å². The van der Waals surface area contributed by atoms with E-state index in [1.807, 2.05) is 18.2 Å². The van der Waals surface area contributed by atoms with Gasteiger partial charge in [0.1, 0.15) is 24.2 Å². The van der Waals surface area contributed by atoms with Gasteiger partial charge in [-0.2, -0.15) is 0 Å².